The Morgan fingerprint density at radius 2 is 1.82 bits per heavy atom. The van der Waals surface area contributed by atoms with Gasteiger partial charge in [-0.25, -0.2) is 0 Å². The van der Waals surface area contributed by atoms with E-state index in [4.69, 9.17) is 12.2 Å². The van der Waals surface area contributed by atoms with E-state index in [1.54, 1.807) is 0 Å². The lowest BCUT2D eigenvalue weighted by Crippen LogP contribution is -1.97. The van der Waals surface area contributed by atoms with E-state index in [1.807, 2.05) is 18.2 Å². The van der Waals surface area contributed by atoms with Crippen molar-refractivity contribution in [3.63, 3.8) is 0 Å². The van der Waals surface area contributed by atoms with E-state index in [0.717, 1.165) is 4.86 Å². The molecule has 1 aliphatic carbocycles. The number of rotatable bonds is 2. The summed E-state index contributed by atoms with van der Waals surface area (Å²) in [4.78, 5) is 1.16. The summed E-state index contributed by atoms with van der Waals surface area (Å²) in [5.41, 5.74) is 1.24. The Morgan fingerprint density at radius 3 is 2.36 bits per heavy atom. The molecule has 11 heavy (non-hydrogen) atoms. The average Bonchev–Trinajstić information content (AvgIpc) is 2.87. The van der Waals surface area contributed by atoms with Gasteiger partial charge in [-0.15, -0.1) is 0 Å². The zero-order valence-electron chi connectivity index (χ0n) is 6.29. The van der Waals surface area contributed by atoms with Gasteiger partial charge in [0.1, 0.15) is 0 Å². The molecule has 0 radical (unpaired) electrons. The fourth-order valence-corrected chi connectivity index (χ4v) is 1.56. The summed E-state index contributed by atoms with van der Waals surface area (Å²) >= 11 is 5.31. The first-order valence-corrected chi connectivity index (χ1v) is 4.38. The second kappa shape index (κ2) is 2.74. The van der Waals surface area contributed by atoms with Crippen LogP contribution in [0.15, 0.2) is 30.3 Å². The highest BCUT2D eigenvalue weighted by atomic mass is 32.1. The van der Waals surface area contributed by atoms with E-state index in [2.05, 4.69) is 12.1 Å². The van der Waals surface area contributed by atoms with Gasteiger partial charge in [0.05, 0.1) is 0 Å². The van der Waals surface area contributed by atoms with Crippen LogP contribution in [0.3, 0.4) is 0 Å². The van der Waals surface area contributed by atoms with E-state index >= 15 is 0 Å². The number of hydrogen-bond acceptors (Lipinski definition) is 1. The molecule has 1 aromatic carbocycles. The zero-order chi connectivity index (χ0) is 7.68. The molecule has 1 saturated carbocycles. The Kier molecular flexibility index (Phi) is 1.74. The lowest BCUT2D eigenvalue weighted by molar-refractivity contribution is 1.23. The molecule has 56 valence electrons. The predicted molar refractivity (Wildman–Crippen MR) is 50.9 cm³/mol. The molecule has 0 N–H and O–H groups in total. The summed E-state index contributed by atoms with van der Waals surface area (Å²) in [6, 6.07) is 10.3. The van der Waals surface area contributed by atoms with Crippen molar-refractivity contribution in [2.45, 2.75) is 12.8 Å². The lowest BCUT2D eigenvalue weighted by atomic mass is 10.1. The molecular formula is C10H10S. The van der Waals surface area contributed by atoms with Crippen LogP contribution in [0.2, 0.25) is 0 Å². The van der Waals surface area contributed by atoms with Crippen LogP contribution >= 0.6 is 12.2 Å². The molecule has 0 amide bonds. The molecule has 0 saturated heterocycles. The fourth-order valence-electron chi connectivity index (χ4n) is 1.18. The molecule has 1 aromatic rings. The Bertz CT molecular complexity index is 259. The van der Waals surface area contributed by atoms with Crippen molar-refractivity contribution in [1.29, 1.82) is 0 Å². The molecule has 2 rings (SSSR count). The van der Waals surface area contributed by atoms with E-state index in [9.17, 15) is 0 Å². The van der Waals surface area contributed by atoms with Crippen molar-refractivity contribution in [2.75, 3.05) is 0 Å². The van der Waals surface area contributed by atoms with Gasteiger partial charge >= 0.3 is 0 Å². The molecule has 0 unspecified atom stereocenters. The number of benzene rings is 1. The van der Waals surface area contributed by atoms with Crippen LogP contribution in [0.1, 0.15) is 18.4 Å². The first-order valence-electron chi connectivity index (χ1n) is 3.97. The van der Waals surface area contributed by atoms with Crippen LogP contribution < -0.4 is 0 Å². The lowest BCUT2D eigenvalue weighted by Gasteiger charge is -1.99. The van der Waals surface area contributed by atoms with Crippen molar-refractivity contribution in [1.82, 2.24) is 0 Å². The third-order valence-corrected chi connectivity index (χ3v) is 2.58. The standard InChI is InChI=1S/C10H10S/c11-10(9-6-7-9)8-4-2-1-3-5-8/h1-5,9H,6-7H2. The van der Waals surface area contributed by atoms with Crippen LogP contribution in [-0.4, -0.2) is 4.86 Å². The number of thiocarbonyl (C=S) groups is 1. The molecule has 0 heterocycles. The fraction of sp³-hybridized carbons (Fsp3) is 0.300. The molecule has 0 bridgehead atoms. The number of hydrogen-bond donors (Lipinski definition) is 0. The summed E-state index contributed by atoms with van der Waals surface area (Å²) in [6.07, 6.45) is 2.60. The van der Waals surface area contributed by atoms with Crippen LogP contribution in [0.5, 0.6) is 0 Å². The molecular weight excluding hydrogens is 152 g/mol. The zero-order valence-corrected chi connectivity index (χ0v) is 7.10. The molecule has 1 aliphatic rings. The summed E-state index contributed by atoms with van der Waals surface area (Å²) in [5, 5.41) is 0. The monoisotopic (exact) mass is 162 g/mol. The first-order chi connectivity index (χ1) is 5.38. The van der Waals surface area contributed by atoms with Gasteiger partial charge < -0.3 is 0 Å². The van der Waals surface area contributed by atoms with Crippen molar-refractivity contribution in [3.8, 4) is 0 Å². The summed E-state index contributed by atoms with van der Waals surface area (Å²) < 4.78 is 0. The van der Waals surface area contributed by atoms with Crippen molar-refractivity contribution >= 4 is 17.1 Å². The van der Waals surface area contributed by atoms with Crippen LogP contribution in [-0.2, 0) is 0 Å². The molecule has 0 aromatic heterocycles. The van der Waals surface area contributed by atoms with E-state index in [-0.39, 0.29) is 0 Å². The highest BCUT2D eigenvalue weighted by molar-refractivity contribution is 7.80. The maximum Gasteiger partial charge on any atom is 0.0255 e. The molecule has 0 spiro atoms. The van der Waals surface area contributed by atoms with Gasteiger partial charge in [0.25, 0.3) is 0 Å². The van der Waals surface area contributed by atoms with E-state index in [0.29, 0.717) is 5.92 Å². The third-order valence-electron chi connectivity index (χ3n) is 2.01. The summed E-state index contributed by atoms with van der Waals surface area (Å²) in [7, 11) is 0. The highest BCUT2D eigenvalue weighted by Gasteiger charge is 2.26. The van der Waals surface area contributed by atoms with Gasteiger partial charge in [-0.05, 0) is 24.3 Å². The Hall–Kier alpha value is -0.690. The second-order valence-electron chi connectivity index (χ2n) is 3.00. The average molecular weight is 162 g/mol. The second-order valence-corrected chi connectivity index (χ2v) is 3.44. The minimum atomic E-state index is 0.715. The Balaban J connectivity index is 2.22. The van der Waals surface area contributed by atoms with Crippen molar-refractivity contribution in [3.05, 3.63) is 35.9 Å². The molecule has 0 nitrogen and oxygen atoms in total. The maximum absolute atomic E-state index is 5.31. The Labute approximate surface area is 72.2 Å². The minimum absolute atomic E-state index is 0.715. The van der Waals surface area contributed by atoms with Crippen LogP contribution in [0.25, 0.3) is 0 Å². The quantitative estimate of drug-likeness (QED) is 0.476. The molecule has 0 atom stereocenters. The summed E-state index contributed by atoms with van der Waals surface area (Å²) in [5.74, 6) is 0.715. The van der Waals surface area contributed by atoms with Crippen molar-refractivity contribution < 1.29 is 0 Å². The normalized spacial score (nSPS) is 16.4. The van der Waals surface area contributed by atoms with Gasteiger partial charge in [-0.1, -0.05) is 42.5 Å². The molecule has 1 heteroatoms. The SMILES string of the molecule is S=C(c1ccccc1)C1CC1. The van der Waals surface area contributed by atoms with Crippen LogP contribution in [0, 0.1) is 5.92 Å². The van der Waals surface area contributed by atoms with Crippen LogP contribution in [0.4, 0.5) is 0 Å². The van der Waals surface area contributed by atoms with Gasteiger partial charge in [0.15, 0.2) is 0 Å². The van der Waals surface area contributed by atoms with Gasteiger partial charge in [-0.3, -0.25) is 0 Å². The smallest absolute Gasteiger partial charge is 0.0255 e. The Morgan fingerprint density at radius 1 is 1.18 bits per heavy atom. The third kappa shape index (κ3) is 1.48. The van der Waals surface area contributed by atoms with Gasteiger partial charge in [-0.2, -0.15) is 0 Å². The molecule has 0 aliphatic heterocycles. The predicted octanol–water partition coefficient (Wildman–Crippen LogP) is 2.81. The van der Waals surface area contributed by atoms with E-state index < -0.39 is 0 Å². The van der Waals surface area contributed by atoms with Gasteiger partial charge in [0, 0.05) is 4.86 Å². The highest BCUT2D eigenvalue weighted by Crippen LogP contribution is 2.33. The van der Waals surface area contributed by atoms with E-state index in [1.165, 1.54) is 18.4 Å². The largest absolute Gasteiger partial charge is 0.0840 e. The molecule has 1 fully saturated rings. The summed E-state index contributed by atoms with van der Waals surface area (Å²) in [6.45, 7) is 0. The van der Waals surface area contributed by atoms with Gasteiger partial charge in [0.2, 0.25) is 0 Å². The minimum Gasteiger partial charge on any atom is -0.0840 e. The first kappa shape index (κ1) is 6.99. The topological polar surface area (TPSA) is 0 Å². The van der Waals surface area contributed by atoms with Crippen molar-refractivity contribution in [2.24, 2.45) is 5.92 Å². The maximum atomic E-state index is 5.31.